The fourth-order valence-corrected chi connectivity index (χ4v) is 1.98. The standard InChI is InChI=1S/C9H19NO2/c1-12-9-3-2-7(4-5-10)6-8(9)11/h7-9,11H,2-6,10H2,1H3. The summed E-state index contributed by atoms with van der Waals surface area (Å²) < 4.78 is 5.15. The summed E-state index contributed by atoms with van der Waals surface area (Å²) in [7, 11) is 1.66. The summed E-state index contributed by atoms with van der Waals surface area (Å²) in [6.45, 7) is 0.731. The summed E-state index contributed by atoms with van der Waals surface area (Å²) in [6.07, 6.45) is 3.79. The highest BCUT2D eigenvalue weighted by molar-refractivity contribution is 4.80. The van der Waals surface area contributed by atoms with Crippen LogP contribution >= 0.6 is 0 Å². The van der Waals surface area contributed by atoms with Crippen molar-refractivity contribution >= 4 is 0 Å². The van der Waals surface area contributed by atoms with Crippen molar-refractivity contribution in [2.24, 2.45) is 11.7 Å². The van der Waals surface area contributed by atoms with Gasteiger partial charge in [-0.05, 0) is 38.1 Å². The maximum atomic E-state index is 9.60. The quantitative estimate of drug-likeness (QED) is 0.654. The second-order valence-corrected chi connectivity index (χ2v) is 3.60. The van der Waals surface area contributed by atoms with Gasteiger partial charge in [0, 0.05) is 7.11 Å². The van der Waals surface area contributed by atoms with Crippen molar-refractivity contribution < 1.29 is 9.84 Å². The van der Waals surface area contributed by atoms with E-state index in [1.807, 2.05) is 0 Å². The molecule has 12 heavy (non-hydrogen) atoms. The van der Waals surface area contributed by atoms with Crippen LogP contribution in [0, 0.1) is 5.92 Å². The molecular weight excluding hydrogens is 154 g/mol. The zero-order valence-electron chi connectivity index (χ0n) is 7.70. The molecule has 1 aliphatic carbocycles. The Morgan fingerprint density at radius 3 is 2.75 bits per heavy atom. The summed E-state index contributed by atoms with van der Waals surface area (Å²) in [5, 5.41) is 9.60. The molecule has 0 saturated heterocycles. The average molecular weight is 173 g/mol. The van der Waals surface area contributed by atoms with E-state index >= 15 is 0 Å². The molecule has 0 aromatic carbocycles. The molecule has 72 valence electrons. The maximum Gasteiger partial charge on any atom is 0.0830 e. The largest absolute Gasteiger partial charge is 0.390 e. The number of hydrogen-bond acceptors (Lipinski definition) is 3. The molecule has 0 aromatic heterocycles. The van der Waals surface area contributed by atoms with Crippen LogP contribution < -0.4 is 5.73 Å². The van der Waals surface area contributed by atoms with Gasteiger partial charge in [0.1, 0.15) is 0 Å². The van der Waals surface area contributed by atoms with E-state index in [9.17, 15) is 5.11 Å². The van der Waals surface area contributed by atoms with E-state index in [1.54, 1.807) is 7.11 Å². The molecule has 3 nitrogen and oxygen atoms in total. The van der Waals surface area contributed by atoms with Gasteiger partial charge in [0.05, 0.1) is 12.2 Å². The summed E-state index contributed by atoms with van der Waals surface area (Å²) >= 11 is 0. The van der Waals surface area contributed by atoms with Crippen molar-refractivity contribution in [1.82, 2.24) is 0 Å². The molecule has 1 aliphatic rings. The number of nitrogens with two attached hydrogens (primary N) is 1. The van der Waals surface area contributed by atoms with Crippen molar-refractivity contribution in [2.75, 3.05) is 13.7 Å². The third kappa shape index (κ3) is 2.44. The molecule has 3 heteroatoms. The predicted octanol–water partition coefficient (Wildman–Crippen LogP) is 0.511. The minimum atomic E-state index is -0.278. The average Bonchev–Trinajstić information content (AvgIpc) is 2.05. The summed E-state index contributed by atoms with van der Waals surface area (Å²) in [6, 6.07) is 0. The third-order valence-electron chi connectivity index (χ3n) is 2.74. The second-order valence-electron chi connectivity index (χ2n) is 3.60. The van der Waals surface area contributed by atoms with Crippen LogP contribution in [0.5, 0.6) is 0 Å². The molecule has 0 spiro atoms. The lowest BCUT2D eigenvalue weighted by Gasteiger charge is -2.31. The van der Waals surface area contributed by atoms with Crippen LogP contribution in [0.4, 0.5) is 0 Å². The maximum absolute atomic E-state index is 9.60. The Kier molecular flexibility index (Phi) is 3.98. The molecule has 0 aliphatic heterocycles. The van der Waals surface area contributed by atoms with E-state index in [0.29, 0.717) is 5.92 Å². The Morgan fingerprint density at radius 1 is 1.50 bits per heavy atom. The molecule has 3 N–H and O–H groups in total. The van der Waals surface area contributed by atoms with Crippen molar-refractivity contribution in [1.29, 1.82) is 0 Å². The zero-order chi connectivity index (χ0) is 8.97. The number of hydrogen-bond donors (Lipinski definition) is 2. The van der Waals surface area contributed by atoms with E-state index in [4.69, 9.17) is 10.5 Å². The Hall–Kier alpha value is -0.120. The molecule has 3 unspecified atom stereocenters. The summed E-state index contributed by atoms with van der Waals surface area (Å²) in [4.78, 5) is 0. The molecule has 3 atom stereocenters. The number of methoxy groups -OCH3 is 1. The lowest BCUT2D eigenvalue weighted by Crippen LogP contribution is -2.35. The lowest BCUT2D eigenvalue weighted by atomic mass is 9.83. The number of rotatable bonds is 3. The molecule has 1 saturated carbocycles. The van der Waals surface area contributed by atoms with Gasteiger partial charge in [-0.1, -0.05) is 0 Å². The van der Waals surface area contributed by atoms with Gasteiger partial charge in [-0.25, -0.2) is 0 Å². The second kappa shape index (κ2) is 4.80. The smallest absolute Gasteiger partial charge is 0.0830 e. The van der Waals surface area contributed by atoms with E-state index in [2.05, 4.69) is 0 Å². The first-order chi connectivity index (χ1) is 5.77. The lowest BCUT2D eigenvalue weighted by molar-refractivity contribution is -0.0503. The monoisotopic (exact) mass is 173 g/mol. The SMILES string of the molecule is COC1CCC(CCN)CC1O. The van der Waals surface area contributed by atoms with Crippen LogP contribution in [0.25, 0.3) is 0 Å². The number of aliphatic hydroxyl groups excluding tert-OH is 1. The van der Waals surface area contributed by atoms with Crippen molar-refractivity contribution in [3.8, 4) is 0 Å². The van der Waals surface area contributed by atoms with Crippen LogP contribution in [0.15, 0.2) is 0 Å². The van der Waals surface area contributed by atoms with E-state index < -0.39 is 0 Å². The first-order valence-electron chi connectivity index (χ1n) is 4.68. The van der Waals surface area contributed by atoms with Gasteiger partial charge in [0.2, 0.25) is 0 Å². The Bertz CT molecular complexity index is 130. The van der Waals surface area contributed by atoms with Crippen molar-refractivity contribution in [3.05, 3.63) is 0 Å². The van der Waals surface area contributed by atoms with E-state index in [-0.39, 0.29) is 12.2 Å². The molecule has 0 radical (unpaired) electrons. The highest BCUT2D eigenvalue weighted by atomic mass is 16.5. The molecule has 0 aromatic rings. The Balaban J connectivity index is 2.30. The molecule has 0 heterocycles. The topological polar surface area (TPSA) is 55.5 Å². The first-order valence-corrected chi connectivity index (χ1v) is 4.68. The predicted molar refractivity (Wildman–Crippen MR) is 47.8 cm³/mol. The number of ether oxygens (including phenoxy) is 1. The normalized spacial score (nSPS) is 36.8. The third-order valence-corrected chi connectivity index (χ3v) is 2.74. The van der Waals surface area contributed by atoms with Crippen LogP contribution in [-0.2, 0) is 4.74 Å². The highest BCUT2D eigenvalue weighted by Crippen LogP contribution is 2.27. The minimum Gasteiger partial charge on any atom is -0.390 e. The van der Waals surface area contributed by atoms with Crippen LogP contribution in [0.1, 0.15) is 25.7 Å². The fourth-order valence-electron chi connectivity index (χ4n) is 1.98. The van der Waals surface area contributed by atoms with Crippen molar-refractivity contribution in [2.45, 2.75) is 37.9 Å². The summed E-state index contributed by atoms with van der Waals surface area (Å²) in [5.41, 5.74) is 5.46. The Morgan fingerprint density at radius 2 is 2.25 bits per heavy atom. The number of aliphatic hydroxyl groups is 1. The zero-order valence-corrected chi connectivity index (χ0v) is 7.70. The van der Waals surface area contributed by atoms with E-state index in [0.717, 1.165) is 32.2 Å². The Labute approximate surface area is 73.9 Å². The first kappa shape index (κ1) is 9.96. The van der Waals surface area contributed by atoms with E-state index in [1.165, 1.54) is 0 Å². The fraction of sp³-hybridized carbons (Fsp3) is 1.00. The molecule has 0 bridgehead atoms. The van der Waals surface area contributed by atoms with Gasteiger partial charge in [0.15, 0.2) is 0 Å². The van der Waals surface area contributed by atoms with Gasteiger partial charge in [-0.3, -0.25) is 0 Å². The van der Waals surface area contributed by atoms with Crippen LogP contribution in [0.2, 0.25) is 0 Å². The van der Waals surface area contributed by atoms with Crippen molar-refractivity contribution in [3.63, 3.8) is 0 Å². The van der Waals surface area contributed by atoms with Gasteiger partial charge in [-0.15, -0.1) is 0 Å². The highest BCUT2D eigenvalue weighted by Gasteiger charge is 2.28. The molecule has 1 fully saturated rings. The van der Waals surface area contributed by atoms with Gasteiger partial charge < -0.3 is 15.6 Å². The van der Waals surface area contributed by atoms with Crippen LogP contribution in [-0.4, -0.2) is 31.0 Å². The molecule has 1 rings (SSSR count). The minimum absolute atomic E-state index is 0.0547. The van der Waals surface area contributed by atoms with Gasteiger partial charge in [-0.2, -0.15) is 0 Å². The molecular formula is C9H19NO2. The van der Waals surface area contributed by atoms with Gasteiger partial charge >= 0.3 is 0 Å². The summed E-state index contributed by atoms with van der Waals surface area (Å²) in [5.74, 6) is 0.608. The molecule has 0 amide bonds. The van der Waals surface area contributed by atoms with Crippen LogP contribution in [0.3, 0.4) is 0 Å². The van der Waals surface area contributed by atoms with Gasteiger partial charge in [0.25, 0.3) is 0 Å².